The topological polar surface area (TPSA) is 458 Å². The summed E-state index contributed by atoms with van der Waals surface area (Å²) >= 11 is 4.16. The highest BCUT2D eigenvalue weighted by atomic mass is 32.2. The number of nitrogens with one attached hydrogen (secondary N) is 4. The number of fused-ring (bicyclic) bond motifs is 8. The summed E-state index contributed by atoms with van der Waals surface area (Å²) in [5.74, 6) is -5.19. The van der Waals surface area contributed by atoms with E-state index in [1.54, 1.807) is 72.8 Å². The van der Waals surface area contributed by atoms with Gasteiger partial charge in [-0.2, -0.15) is 0 Å². The number of ether oxygens (including phenoxy) is 6. The van der Waals surface area contributed by atoms with E-state index in [2.05, 4.69) is 21.3 Å². The second-order valence-electron chi connectivity index (χ2n) is 29.0. The molecule has 0 unspecified atom stereocenters. The molecule has 4 aromatic heterocycles. The average Bonchev–Trinajstić information content (AvgIpc) is 1.62. The average molecular weight is 1800 g/mol. The number of benzene rings is 4. The highest BCUT2D eigenvalue weighted by Gasteiger charge is 2.50. The molecule has 120 heavy (non-hydrogen) atoms. The van der Waals surface area contributed by atoms with Gasteiger partial charge in [-0.25, -0.2) is 33.7 Å². The van der Waals surface area contributed by atoms with E-state index in [1.807, 2.05) is 0 Å². The number of nitrogens with zero attached hydrogens (tertiary/aromatic N) is 4. The molecule has 12 heterocycles. The van der Waals surface area contributed by atoms with Crippen molar-refractivity contribution in [2.75, 3.05) is 123 Å². The van der Waals surface area contributed by atoms with Gasteiger partial charge in [-0.1, -0.05) is 24.3 Å². The summed E-state index contributed by atoms with van der Waals surface area (Å²) in [6.45, 7) is 4.33. The quantitative estimate of drug-likeness (QED) is 0.0429. The van der Waals surface area contributed by atoms with Crippen LogP contribution in [0.5, 0.6) is 23.0 Å². The molecule has 0 bridgehead atoms. The number of hydrogen-bond donors (Lipinski definition) is 4. The number of rotatable bonds is 24. The van der Waals surface area contributed by atoms with Crippen LogP contribution in [0.1, 0.15) is 163 Å². The van der Waals surface area contributed by atoms with E-state index in [9.17, 15) is 91.2 Å². The van der Waals surface area contributed by atoms with Crippen molar-refractivity contribution in [3.63, 3.8) is 0 Å². The first-order valence-electron chi connectivity index (χ1n) is 36.5. The van der Waals surface area contributed by atoms with Gasteiger partial charge in [0, 0.05) is 100 Å². The molecule has 4 aromatic carbocycles. The summed E-state index contributed by atoms with van der Waals surface area (Å²) in [6.07, 6.45) is 6.95. The first-order chi connectivity index (χ1) is 56.7. The normalized spacial score (nSPS) is 16.3. The van der Waals surface area contributed by atoms with Crippen molar-refractivity contribution in [3.05, 3.63) is 181 Å². The van der Waals surface area contributed by atoms with Gasteiger partial charge in [0.15, 0.2) is 0 Å². The van der Waals surface area contributed by atoms with Crippen LogP contribution in [0.15, 0.2) is 94.3 Å². The lowest BCUT2D eigenvalue weighted by atomic mass is 10.0. The Labute approximate surface area is 703 Å². The Hall–Kier alpha value is -11.0. The number of imide groups is 4. The Kier molecular flexibility index (Phi) is 25.1. The molecular formula is C78H76N8O26S8. The predicted molar refractivity (Wildman–Crippen MR) is 441 cm³/mol. The number of anilines is 4. The van der Waals surface area contributed by atoms with Crippen LogP contribution >= 0.6 is 45.3 Å². The molecule has 12 amide bonds. The molecule has 42 heteroatoms. The summed E-state index contributed by atoms with van der Waals surface area (Å²) in [4.78, 5) is 156. The second kappa shape index (κ2) is 34.6. The van der Waals surface area contributed by atoms with E-state index in [0.29, 0.717) is 85.9 Å². The maximum Gasteiger partial charge on any atom is 0.272 e. The summed E-state index contributed by atoms with van der Waals surface area (Å²) in [5.41, 5.74) is 7.12. The lowest BCUT2D eigenvalue weighted by Crippen LogP contribution is -2.38. The molecule has 0 fully saturated rings. The van der Waals surface area contributed by atoms with Crippen molar-refractivity contribution in [1.29, 1.82) is 0 Å². The van der Waals surface area contributed by atoms with Crippen LogP contribution in [-0.4, -0.2) is 226 Å². The highest BCUT2D eigenvalue weighted by molar-refractivity contribution is 7.91. The van der Waals surface area contributed by atoms with E-state index in [4.69, 9.17) is 28.4 Å². The first kappa shape index (κ1) is 86.9. The highest BCUT2D eigenvalue weighted by Crippen LogP contribution is 2.47. The van der Waals surface area contributed by atoms with Crippen LogP contribution in [0, 0.1) is 0 Å². The lowest BCUT2D eigenvalue weighted by molar-refractivity contribution is -0.120. The van der Waals surface area contributed by atoms with E-state index in [0.717, 1.165) is 124 Å². The molecule has 8 aliphatic rings. The number of amides is 12. The van der Waals surface area contributed by atoms with Crippen molar-refractivity contribution in [2.45, 2.75) is 63.7 Å². The molecule has 0 aliphatic carbocycles. The third-order valence-corrected chi connectivity index (χ3v) is 27.3. The fourth-order valence-corrected chi connectivity index (χ4v) is 22.2. The van der Waals surface area contributed by atoms with Gasteiger partial charge >= 0.3 is 0 Å². The third-order valence-electron chi connectivity index (χ3n) is 19.7. The largest absolute Gasteiger partial charge is 0.493 e. The van der Waals surface area contributed by atoms with Crippen LogP contribution in [0.25, 0.3) is 0 Å². The number of methoxy groups -OCH3 is 2. The second-order valence-corrected chi connectivity index (χ2v) is 41.2. The van der Waals surface area contributed by atoms with E-state index < -0.39 is 146 Å². The van der Waals surface area contributed by atoms with Gasteiger partial charge in [0.1, 0.15) is 95.1 Å². The molecule has 0 spiro atoms. The SMILES string of the molecule is CC(=O)Nc1csc2c1C(=O)N([C@@H](CS(C)(=O)=O)c1ccc3c(c1)CCO3)C2=O.CC(=O)Nc1csc2c1C(=O)N([C@H](CS(C)(=O)=O)c1ccc3c(c1)CCO3)C2=O.COCC(=O)Nc1csc2c1C(=O)N([C@@H](CS(C)(=O)=O)c1ccc3c(c1)CCO3)C2=O.COCC(=O)Nc1csc2c1C(=O)N([C@H](CS(C)(=O)=O)c1ccc3c(c1)CCO3)C2=O. The molecule has 4 atom stereocenters. The van der Waals surface area contributed by atoms with Gasteiger partial charge in [-0.05, 0) is 93.0 Å². The number of hydrogen-bond acceptors (Lipinski definition) is 30. The van der Waals surface area contributed by atoms with Gasteiger partial charge in [0.25, 0.3) is 47.3 Å². The van der Waals surface area contributed by atoms with Crippen molar-refractivity contribution in [3.8, 4) is 23.0 Å². The maximum atomic E-state index is 13.3. The Morgan fingerprint density at radius 3 is 0.775 bits per heavy atom. The monoisotopic (exact) mass is 1800 g/mol. The minimum atomic E-state index is -3.54. The summed E-state index contributed by atoms with van der Waals surface area (Å²) in [5, 5.41) is 16.4. The van der Waals surface area contributed by atoms with Crippen LogP contribution in [0.2, 0.25) is 0 Å². The molecule has 4 N–H and O–H groups in total. The molecule has 0 radical (unpaired) electrons. The number of thiophene rings is 4. The molecule has 0 saturated heterocycles. The minimum Gasteiger partial charge on any atom is -0.493 e. The van der Waals surface area contributed by atoms with Crippen LogP contribution in [0.4, 0.5) is 22.7 Å². The zero-order valence-electron chi connectivity index (χ0n) is 65.1. The van der Waals surface area contributed by atoms with Gasteiger partial charge < -0.3 is 49.7 Å². The summed E-state index contributed by atoms with van der Waals surface area (Å²) < 4.78 is 129. The summed E-state index contributed by atoms with van der Waals surface area (Å²) in [6, 6.07) is 16.8. The predicted octanol–water partition coefficient (Wildman–Crippen LogP) is 7.35. The Balaban J connectivity index is 0.000000138. The maximum absolute atomic E-state index is 13.3. The van der Waals surface area contributed by atoms with Crippen molar-refractivity contribution >= 4 is 178 Å². The smallest absolute Gasteiger partial charge is 0.272 e. The third kappa shape index (κ3) is 18.5. The zero-order valence-corrected chi connectivity index (χ0v) is 71.6. The lowest BCUT2D eigenvalue weighted by Gasteiger charge is -2.26. The van der Waals surface area contributed by atoms with E-state index in [1.165, 1.54) is 49.6 Å². The molecule has 16 rings (SSSR count). The van der Waals surface area contributed by atoms with Crippen LogP contribution in [-0.2, 0) is 93.7 Å². The van der Waals surface area contributed by atoms with Gasteiger partial charge in [-0.3, -0.25) is 77.1 Å². The number of carbonyl (C=O) groups is 12. The fraction of sp³-hybridized carbons (Fsp3) is 0.333. The first-order valence-corrected chi connectivity index (χ1v) is 48.3. The standard InChI is InChI=1S/2C20H20N2O7S2.2C19H18N2O6S2/c2*1-28-8-16(23)21-13-9-30-18-17(13)19(24)22(20(18)25)14(10-31(2,26)27)11-3-4-15-12(7-11)5-6-29-15;2*1-10(22)20-13-8-28-17-16(13)18(23)21(19(17)24)14(9-29(2,25)26)11-3-4-15-12(7-11)5-6-27-15/h2*3-4,7,9,14H,5-6,8,10H2,1-2H3,(H,21,23);2*3-4,7-8,14H,5-6,9H2,1-2H3,(H,20,22)/t4*14-/m1010/s1. The van der Waals surface area contributed by atoms with Crippen LogP contribution in [0.3, 0.4) is 0 Å². The van der Waals surface area contributed by atoms with Gasteiger partial charge in [0.2, 0.25) is 23.6 Å². The molecule has 34 nitrogen and oxygen atoms in total. The Bertz CT molecular complexity index is 5780. The van der Waals surface area contributed by atoms with Crippen LogP contribution < -0.4 is 40.2 Å². The van der Waals surface area contributed by atoms with Crippen molar-refractivity contribution in [1.82, 2.24) is 19.6 Å². The molecule has 632 valence electrons. The molecule has 8 aliphatic heterocycles. The van der Waals surface area contributed by atoms with Gasteiger partial charge in [-0.15, -0.1) is 45.3 Å². The van der Waals surface area contributed by atoms with Crippen molar-refractivity contribution < 1.29 is 120 Å². The number of carbonyl (C=O) groups excluding carboxylic acids is 12. The number of sulfone groups is 4. The Morgan fingerprint density at radius 2 is 0.575 bits per heavy atom. The molecule has 0 saturated carbocycles. The fourth-order valence-electron chi connectivity index (χ4n) is 14.8. The molecule has 8 aromatic rings. The molecular weight excluding hydrogens is 1720 g/mol. The van der Waals surface area contributed by atoms with E-state index >= 15 is 0 Å². The zero-order chi connectivity index (χ0) is 86.5. The minimum absolute atomic E-state index is 0.0717. The van der Waals surface area contributed by atoms with Gasteiger partial charge in [0.05, 0.1) is 119 Å². The summed E-state index contributed by atoms with van der Waals surface area (Å²) in [7, 11) is -11.4. The van der Waals surface area contributed by atoms with Crippen molar-refractivity contribution in [2.24, 2.45) is 0 Å². The Morgan fingerprint density at radius 1 is 0.358 bits per heavy atom. The van der Waals surface area contributed by atoms with E-state index in [-0.39, 0.29) is 89.5 Å².